The quantitative estimate of drug-likeness (QED) is 0.361. The summed E-state index contributed by atoms with van der Waals surface area (Å²) in [4.78, 5) is 35.2. The maximum Gasteiger partial charge on any atom is 0.415 e. The lowest BCUT2D eigenvalue weighted by molar-refractivity contribution is -0.123. The van der Waals surface area contributed by atoms with E-state index < -0.39 is 29.8 Å². The number of hydrogen-bond donors (Lipinski definition) is 2. The second-order valence-electron chi connectivity index (χ2n) is 8.87. The van der Waals surface area contributed by atoms with Gasteiger partial charge in [0.25, 0.3) is 0 Å². The van der Waals surface area contributed by atoms with Crippen LogP contribution >= 0.6 is 11.3 Å². The van der Waals surface area contributed by atoms with Crippen LogP contribution in [-0.2, 0) is 21.5 Å². The third kappa shape index (κ3) is 6.25. The van der Waals surface area contributed by atoms with E-state index in [1.807, 2.05) is 6.92 Å². The smallest absolute Gasteiger partial charge is 0.415 e. The number of pyridine rings is 1. The minimum atomic E-state index is -0.626. The molecule has 196 valence electrons. The average molecular weight is 529 g/mol. The van der Waals surface area contributed by atoms with E-state index in [0.29, 0.717) is 35.1 Å². The summed E-state index contributed by atoms with van der Waals surface area (Å²) in [7, 11) is 0. The van der Waals surface area contributed by atoms with Crippen LogP contribution in [0.3, 0.4) is 0 Å². The number of aliphatic hydroxyl groups excluding tert-OH is 1. The van der Waals surface area contributed by atoms with E-state index in [9.17, 15) is 14.0 Å². The van der Waals surface area contributed by atoms with Crippen LogP contribution in [0, 0.1) is 5.82 Å². The van der Waals surface area contributed by atoms with Crippen LogP contribution < -0.4 is 10.2 Å². The van der Waals surface area contributed by atoms with E-state index in [0.717, 1.165) is 24.1 Å². The van der Waals surface area contributed by atoms with Crippen LogP contribution in [0.2, 0.25) is 0 Å². The number of rotatable bonds is 11. The van der Waals surface area contributed by atoms with E-state index in [4.69, 9.17) is 9.84 Å². The van der Waals surface area contributed by atoms with E-state index in [2.05, 4.69) is 25.5 Å². The largest absolute Gasteiger partial charge is 0.449 e. The highest BCUT2D eigenvalue weighted by Crippen LogP contribution is 2.45. The molecule has 37 heavy (non-hydrogen) atoms. The predicted octanol–water partition coefficient (Wildman–Crippen LogP) is 3.61. The van der Waals surface area contributed by atoms with Gasteiger partial charge in [-0.25, -0.2) is 14.2 Å². The maximum atomic E-state index is 14.7. The van der Waals surface area contributed by atoms with Crippen LogP contribution in [0.1, 0.15) is 49.6 Å². The van der Waals surface area contributed by atoms with Gasteiger partial charge in [-0.1, -0.05) is 19.8 Å². The zero-order valence-electron chi connectivity index (χ0n) is 20.5. The first-order chi connectivity index (χ1) is 18.0. The van der Waals surface area contributed by atoms with Crippen LogP contribution in [0.25, 0.3) is 10.7 Å². The van der Waals surface area contributed by atoms with E-state index in [1.165, 1.54) is 22.3 Å². The minimum Gasteiger partial charge on any atom is -0.449 e. The summed E-state index contributed by atoms with van der Waals surface area (Å²) < 4.78 is 20.2. The Labute approximate surface area is 217 Å². The summed E-state index contributed by atoms with van der Waals surface area (Å²) in [5.74, 6) is -0.572. The highest BCUT2D eigenvalue weighted by Gasteiger charge is 2.45. The molecule has 3 heterocycles. The van der Waals surface area contributed by atoms with Crippen molar-refractivity contribution in [2.75, 3.05) is 24.7 Å². The molecule has 0 aromatic carbocycles. The second kappa shape index (κ2) is 12.2. The fraction of sp³-hybridized carbons (Fsp3) is 0.440. The molecular formula is C25H29FN6O4S. The van der Waals surface area contributed by atoms with Crippen LogP contribution in [0.4, 0.5) is 15.0 Å². The Morgan fingerprint density at radius 2 is 2.08 bits per heavy atom. The van der Waals surface area contributed by atoms with Crippen molar-refractivity contribution >= 4 is 29.2 Å². The normalized spacial score (nSPS) is 14.0. The molecule has 0 radical (unpaired) electrons. The summed E-state index contributed by atoms with van der Waals surface area (Å²) in [6.45, 7) is 2.12. The highest BCUT2D eigenvalue weighted by atomic mass is 32.1. The summed E-state index contributed by atoms with van der Waals surface area (Å²) in [6, 6.07) is 6.31. The summed E-state index contributed by atoms with van der Waals surface area (Å²) >= 11 is 1.33. The number of ether oxygens (including phenoxy) is 1. The molecule has 2 amide bonds. The van der Waals surface area contributed by atoms with Crippen molar-refractivity contribution in [2.24, 2.45) is 0 Å². The van der Waals surface area contributed by atoms with Gasteiger partial charge in [0.05, 0.1) is 18.8 Å². The van der Waals surface area contributed by atoms with Gasteiger partial charge in [0.15, 0.2) is 5.82 Å². The molecule has 0 atom stereocenters. The van der Waals surface area contributed by atoms with Crippen molar-refractivity contribution in [1.29, 1.82) is 0 Å². The Hall–Kier alpha value is -3.51. The van der Waals surface area contributed by atoms with Gasteiger partial charge in [0.1, 0.15) is 23.1 Å². The molecule has 2 N–H and O–H groups in total. The zero-order chi connectivity index (χ0) is 26.3. The van der Waals surface area contributed by atoms with E-state index in [-0.39, 0.29) is 19.7 Å². The lowest BCUT2D eigenvalue weighted by Gasteiger charge is -2.43. The molecular weight excluding hydrogens is 499 g/mol. The molecule has 12 heteroatoms. The van der Waals surface area contributed by atoms with Crippen molar-refractivity contribution in [3.8, 4) is 10.7 Å². The van der Waals surface area contributed by atoms with Gasteiger partial charge in [-0.2, -0.15) is 0 Å². The Bertz CT molecular complexity index is 1220. The molecule has 10 nitrogen and oxygen atoms in total. The van der Waals surface area contributed by atoms with Crippen molar-refractivity contribution in [3.63, 3.8) is 0 Å². The molecule has 0 unspecified atom stereocenters. The number of carbonyl (C=O) groups excluding carboxylic acids is 2. The van der Waals surface area contributed by atoms with Crippen molar-refractivity contribution in [1.82, 2.24) is 25.5 Å². The number of nitrogens with zero attached hydrogens (tertiary/aromatic N) is 5. The molecule has 0 aliphatic heterocycles. The van der Waals surface area contributed by atoms with Crippen molar-refractivity contribution < 1.29 is 23.8 Å². The Morgan fingerprint density at radius 3 is 2.73 bits per heavy atom. The Morgan fingerprint density at radius 1 is 1.24 bits per heavy atom. The fourth-order valence-electron chi connectivity index (χ4n) is 4.11. The molecule has 1 aliphatic rings. The molecule has 4 rings (SSSR count). The molecule has 3 aromatic rings. The number of amides is 2. The fourth-order valence-corrected chi connectivity index (χ4v) is 4.92. The van der Waals surface area contributed by atoms with Gasteiger partial charge < -0.3 is 15.2 Å². The van der Waals surface area contributed by atoms with Gasteiger partial charge in [-0.3, -0.25) is 14.7 Å². The molecule has 1 aliphatic carbocycles. The lowest BCUT2D eigenvalue weighted by Crippen LogP contribution is -2.49. The summed E-state index contributed by atoms with van der Waals surface area (Å²) in [5.41, 5.74) is 0.223. The number of aliphatic hydroxyl groups is 1. The first-order valence-electron chi connectivity index (χ1n) is 12.2. The van der Waals surface area contributed by atoms with Crippen molar-refractivity contribution in [2.45, 2.75) is 51.0 Å². The lowest BCUT2D eigenvalue weighted by atomic mass is 9.66. The Balaban J connectivity index is 1.56. The predicted molar refractivity (Wildman–Crippen MR) is 135 cm³/mol. The highest BCUT2D eigenvalue weighted by molar-refractivity contribution is 7.15. The number of hydrogen-bond acceptors (Lipinski definition) is 9. The Kier molecular flexibility index (Phi) is 8.72. The molecule has 0 spiro atoms. The molecule has 0 saturated heterocycles. The number of unbranched alkanes of at least 4 members (excludes halogenated alkanes) is 1. The average Bonchev–Trinajstić information content (AvgIpc) is 3.37. The SMILES string of the molecule is CCCCOC(=O)N(CC1(c2ncccc2F)CCC1)c1ccc(-c2ncc(CNC(=O)CO)s2)nn1. The molecule has 0 bridgehead atoms. The first kappa shape index (κ1) is 26.6. The van der Waals surface area contributed by atoms with E-state index >= 15 is 0 Å². The van der Waals surface area contributed by atoms with Gasteiger partial charge in [0.2, 0.25) is 5.91 Å². The zero-order valence-corrected chi connectivity index (χ0v) is 21.3. The second-order valence-corrected chi connectivity index (χ2v) is 9.98. The molecule has 1 saturated carbocycles. The number of carbonyl (C=O) groups is 2. The van der Waals surface area contributed by atoms with Crippen molar-refractivity contribution in [3.05, 3.63) is 53.0 Å². The topological polar surface area (TPSA) is 130 Å². The molecule has 1 fully saturated rings. The number of anilines is 1. The van der Waals surface area contributed by atoms with Crippen LogP contribution in [-0.4, -0.2) is 57.0 Å². The van der Waals surface area contributed by atoms with Gasteiger partial charge in [-0.15, -0.1) is 21.5 Å². The number of aromatic nitrogens is 4. The number of halogens is 1. The third-order valence-electron chi connectivity index (χ3n) is 6.28. The van der Waals surface area contributed by atoms with Gasteiger partial charge in [-0.05, 0) is 43.5 Å². The number of nitrogens with one attached hydrogen (secondary N) is 1. The number of thiazole rings is 1. The van der Waals surface area contributed by atoms with Crippen LogP contribution in [0.5, 0.6) is 0 Å². The van der Waals surface area contributed by atoms with Gasteiger partial charge >= 0.3 is 6.09 Å². The van der Waals surface area contributed by atoms with Crippen LogP contribution in [0.15, 0.2) is 36.7 Å². The summed E-state index contributed by atoms with van der Waals surface area (Å²) in [6.07, 6.45) is 6.53. The van der Waals surface area contributed by atoms with E-state index in [1.54, 1.807) is 30.6 Å². The summed E-state index contributed by atoms with van der Waals surface area (Å²) in [5, 5.41) is 20.6. The third-order valence-corrected chi connectivity index (χ3v) is 7.30. The minimum absolute atomic E-state index is 0.172. The van der Waals surface area contributed by atoms with Gasteiger partial charge in [0, 0.05) is 29.2 Å². The molecule has 3 aromatic heterocycles. The maximum absolute atomic E-state index is 14.7. The standard InChI is InChI=1S/C25H29FN6O4S/c1-2-3-12-36-24(35)32(16-25(9-5-10-25)22-18(26)6-4-11-27-22)20-8-7-19(30-31-20)23-29-14-17(37-23)13-28-21(34)15-33/h4,6-8,11,14,33H,2-3,5,9-10,12-13,15-16H2,1H3,(H,28,34). The monoisotopic (exact) mass is 528 g/mol. The first-order valence-corrected chi connectivity index (χ1v) is 13.0.